The van der Waals surface area contributed by atoms with Crippen molar-refractivity contribution in [3.8, 4) is 0 Å². The van der Waals surface area contributed by atoms with Gasteiger partial charge in [-0.05, 0) is 25.8 Å². The average molecular weight is 323 g/mol. The monoisotopic (exact) mass is 323 g/mol. The molecule has 0 saturated heterocycles. The van der Waals surface area contributed by atoms with Gasteiger partial charge in [0.25, 0.3) is 0 Å². The highest BCUT2D eigenvalue weighted by molar-refractivity contribution is 5.24. The maximum Gasteiger partial charge on any atom is 0.200 e. The quantitative estimate of drug-likeness (QED) is 0.279. The molecule has 1 aromatic rings. The van der Waals surface area contributed by atoms with Crippen molar-refractivity contribution in [2.75, 3.05) is 6.54 Å². The molecule has 1 aromatic carbocycles. The van der Waals surface area contributed by atoms with Crippen LogP contribution in [0.25, 0.3) is 0 Å². The fourth-order valence-electron chi connectivity index (χ4n) is 2.38. The van der Waals surface area contributed by atoms with Crippen molar-refractivity contribution in [2.24, 2.45) is 5.73 Å². The second kappa shape index (κ2) is 9.77. The lowest BCUT2D eigenvalue weighted by Gasteiger charge is -2.08. The molecule has 1 rings (SSSR count). The van der Waals surface area contributed by atoms with E-state index in [0.717, 1.165) is 38.5 Å². The van der Waals surface area contributed by atoms with Gasteiger partial charge in [-0.3, -0.25) is 0 Å². The van der Waals surface area contributed by atoms with Gasteiger partial charge in [-0.15, -0.1) is 0 Å². The summed E-state index contributed by atoms with van der Waals surface area (Å²) in [4.78, 5) is 0. The zero-order valence-electron chi connectivity index (χ0n) is 12.5. The van der Waals surface area contributed by atoms with Crippen LogP contribution in [-0.2, 0) is 6.42 Å². The number of benzene rings is 1. The SMILES string of the molecule is NCCCCCCCCCCc1c(F)c(F)c(F)c(F)c1F. The van der Waals surface area contributed by atoms with E-state index in [0.29, 0.717) is 19.4 Å². The van der Waals surface area contributed by atoms with E-state index < -0.39 is 34.6 Å². The Morgan fingerprint density at radius 1 is 0.500 bits per heavy atom. The summed E-state index contributed by atoms with van der Waals surface area (Å²) in [5.41, 5.74) is 4.67. The lowest BCUT2D eigenvalue weighted by Crippen LogP contribution is -2.07. The summed E-state index contributed by atoms with van der Waals surface area (Å²) in [5, 5.41) is 0. The van der Waals surface area contributed by atoms with Crippen LogP contribution >= 0.6 is 0 Å². The van der Waals surface area contributed by atoms with Crippen molar-refractivity contribution in [3.05, 3.63) is 34.6 Å². The molecule has 0 heterocycles. The Kier molecular flexibility index (Phi) is 8.38. The molecule has 0 fully saturated rings. The summed E-state index contributed by atoms with van der Waals surface area (Å²) in [5.74, 6) is -9.25. The zero-order chi connectivity index (χ0) is 16.5. The molecule has 0 aromatic heterocycles. The number of halogens is 5. The van der Waals surface area contributed by atoms with Crippen LogP contribution in [0.1, 0.15) is 56.9 Å². The predicted octanol–water partition coefficient (Wildman–Crippen LogP) is 5.00. The van der Waals surface area contributed by atoms with Gasteiger partial charge < -0.3 is 5.73 Å². The second-order valence-electron chi connectivity index (χ2n) is 5.42. The first kappa shape index (κ1) is 18.9. The Hall–Kier alpha value is -1.17. The maximum atomic E-state index is 13.4. The molecule has 2 N–H and O–H groups in total. The number of unbranched alkanes of at least 4 members (excludes halogenated alkanes) is 7. The van der Waals surface area contributed by atoms with Gasteiger partial charge in [-0.25, -0.2) is 22.0 Å². The Balaban J connectivity index is 2.34. The molecule has 22 heavy (non-hydrogen) atoms. The fraction of sp³-hybridized carbons (Fsp3) is 0.625. The van der Waals surface area contributed by atoms with Crippen LogP contribution in [0.4, 0.5) is 22.0 Å². The number of rotatable bonds is 10. The van der Waals surface area contributed by atoms with Gasteiger partial charge in [0, 0.05) is 5.56 Å². The Morgan fingerprint density at radius 2 is 0.864 bits per heavy atom. The number of hydrogen-bond acceptors (Lipinski definition) is 1. The third-order valence-corrected chi connectivity index (χ3v) is 3.68. The van der Waals surface area contributed by atoms with Crippen LogP contribution in [-0.4, -0.2) is 6.54 Å². The highest BCUT2D eigenvalue weighted by Crippen LogP contribution is 2.24. The molecular weight excluding hydrogens is 301 g/mol. The standard InChI is InChI=1S/C16H22F5N/c17-12-11(13(18)15(20)16(21)14(12)19)9-7-5-3-1-2-4-6-8-10-22/h1-10,22H2. The molecule has 6 heteroatoms. The Morgan fingerprint density at radius 3 is 1.32 bits per heavy atom. The summed E-state index contributed by atoms with van der Waals surface area (Å²) in [6.07, 6.45) is 7.15. The minimum Gasteiger partial charge on any atom is -0.330 e. The Labute approximate surface area is 127 Å². The normalized spacial score (nSPS) is 11.2. The van der Waals surface area contributed by atoms with E-state index in [1.165, 1.54) is 0 Å². The van der Waals surface area contributed by atoms with Crippen molar-refractivity contribution in [1.82, 2.24) is 0 Å². The fourth-order valence-corrected chi connectivity index (χ4v) is 2.38. The van der Waals surface area contributed by atoms with Crippen molar-refractivity contribution in [3.63, 3.8) is 0 Å². The van der Waals surface area contributed by atoms with Crippen LogP contribution in [0.3, 0.4) is 0 Å². The molecule has 1 nitrogen and oxygen atoms in total. The van der Waals surface area contributed by atoms with Gasteiger partial charge in [0.1, 0.15) is 0 Å². The average Bonchev–Trinajstić information content (AvgIpc) is 2.52. The zero-order valence-corrected chi connectivity index (χ0v) is 12.5. The van der Waals surface area contributed by atoms with Crippen LogP contribution in [0.2, 0.25) is 0 Å². The highest BCUT2D eigenvalue weighted by Gasteiger charge is 2.24. The summed E-state index contributed by atoms with van der Waals surface area (Å²) >= 11 is 0. The van der Waals surface area contributed by atoms with Crippen LogP contribution in [0, 0.1) is 29.1 Å². The third-order valence-electron chi connectivity index (χ3n) is 3.68. The summed E-state index contributed by atoms with van der Waals surface area (Å²) < 4.78 is 65.7. The van der Waals surface area contributed by atoms with E-state index in [9.17, 15) is 22.0 Å². The minimum atomic E-state index is -2.10. The lowest BCUT2D eigenvalue weighted by atomic mass is 10.0. The molecule has 0 aliphatic rings. The highest BCUT2D eigenvalue weighted by atomic mass is 19.2. The predicted molar refractivity (Wildman–Crippen MR) is 75.9 cm³/mol. The molecule has 0 saturated carbocycles. The van der Waals surface area contributed by atoms with Gasteiger partial charge in [-0.1, -0.05) is 38.5 Å². The topological polar surface area (TPSA) is 26.0 Å². The summed E-state index contributed by atoms with van der Waals surface area (Å²) in [6, 6.07) is 0. The molecule has 0 aliphatic carbocycles. The molecule has 0 aliphatic heterocycles. The molecule has 0 atom stereocenters. The largest absolute Gasteiger partial charge is 0.330 e. The third kappa shape index (κ3) is 5.23. The van der Waals surface area contributed by atoms with Crippen molar-refractivity contribution < 1.29 is 22.0 Å². The number of nitrogens with two attached hydrogens (primary N) is 1. The van der Waals surface area contributed by atoms with Crippen LogP contribution in [0.15, 0.2) is 0 Å². The van der Waals surface area contributed by atoms with Crippen LogP contribution < -0.4 is 5.73 Å². The van der Waals surface area contributed by atoms with Crippen molar-refractivity contribution >= 4 is 0 Å². The maximum absolute atomic E-state index is 13.4. The molecule has 0 bridgehead atoms. The van der Waals surface area contributed by atoms with E-state index >= 15 is 0 Å². The molecular formula is C16H22F5N. The van der Waals surface area contributed by atoms with Gasteiger partial charge in [0.05, 0.1) is 0 Å². The van der Waals surface area contributed by atoms with Crippen molar-refractivity contribution in [2.45, 2.75) is 57.8 Å². The first-order chi connectivity index (χ1) is 10.5. The van der Waals surface area contributed by atoms with E-state index in [1.807, 2.05) is 0 Å². The number of hydrogen-bond donors (Lipinski definition) is 1. The van der Waals surface area contributed by atoms with E-state index in [2.05, 4.69) is 0 Å². The second-order valence-corrected chi connectivity index (χ2v) is 5.42. The van der Waals surface area contributed by atoms with Gasteiger partial charge in [0.2, 0.25) is 5.82 Å². The van der Waals surface area contributed by atoms with E-state index in [1.54, 1.807) is 0 Å². The molecule has 0 spiro atoms. The first-order valence-electron chi connectivity index (χ1n) is 7.71. The van der Waals surface area contributed by atoms with Gasteiger partial charge in [0.15, 0.2) is 23.3 Å². The molecule has 0 radical (unpaired) electrons. The summed E-state index contributed by atoms with van der Waals surface area (Å²) in [6.45, 7) is 0.696. The van der Waals surface area contributed by atoms with E-state index in [4.69, 9.17) is 5.73 Å². The van der Waals surface area contributed by atoms with E-state index in [-0.39, 0.29) is 6.42 Å². The smallest absolute Gasteiger partial charge is 0.200 e. The molecule has 0 unspecified atom stereocenters. The first-order valence-corrected chi connectivity index (χ1v) is 7.71. The Bertz CT molecular complexity index is 447. The van der Waals surface area contributed by atoms with Gasteiger partial charge in [-0.2, -0.15) is 0 Å². The van der Waals surface area contributed by atoms with Crippen LogP contribution in [0.5, 0.6) is 0 Å². The van der Waals surface area contributed by atoms with Gasteiger partial charge >= 0.3 is 0 Å². The molecule has 126 valence electrons. The molecule has 0 amide bonds. The van der Waals surface area contributed by atoms with Crippen molar-refractivity contribution in [1.29, 1.82) is 0 Å². The summed E-state index contributed by atoms with van der Waals surface area (Å²) in [7, 11) is 0. The lowest BCUT2D eigenvalue weighted by molar-refractivity contribution is 0.368. The minimum absolute atomic E-state index is 0.140.